The summed E-state index contributed by atoms with van der Waals surface area (Å²) < 4.78 is 0. The maximum atomic E-state index is 7.25. The van der Waals surface area contributed by atoms with Crippen LogP contribution in [-0.4, -0.2) is 0 Å². The van der Waals surface area contributed by atoms with Gasteiger partial charge in [-0.2, -0.15) is 0 Å². The fraction of sp³-hybridized carbons (Fsp3) is 0. The van der Waals surface area contributed by atoms with Gasteiger partial charge in [0, 0.05) is 5.56 Å². The van der Waals surface area contributed by atoms with Crippen molar-refractivity contribution in [2.45, 2.75) is 0 Å². The highest BCUT2D eigenvalue weighted by Gasteiger charge is 2.02. The summed E-state index contributed by atoms with van der Waals surface area (Å²) in [5.74, 6) is 2.43. The minimum atomic E-state index is 0.725. The van der Waals surface area contributed by atoms with Gasteiger partial charge < -0.3 is 0 Å². The number of benzene rings is 3. The van der Waals surface area contributed by atoms with Crippen LogP contribution in [0.3, 0.4) is 0 Å². The molecule has 0 unspecified atom stereocenters. The van der Waals surface area contributed by atoms with Crippen molar-refractivity contribution >= 4 is 21.5 Å². The quantitative estimate of drug-likeness (QED) is 0.383. The van der Waals surface area contributed by atoms with E-state index in [1.165, 1.54) is 10.8 Å². The van der Waals surface area contributed by atoms with Crippen molar-refractivity contribution in [3.05, 3.63) is 66.6 Å². The molecule has 0 saturated heterocycles. The molecule has 2 radical (unpaired) electrons. The zero-order chi connectivity index (χ0) is 11.0. The molecule has 0 nitrogen and oxygen atoms in total. The molecule has 0 aliphatic heterocycles. The Bertz CT molecular complexity index is 715. The zero-order valence-electron chi connectivity index (χ0n) is 8.62. The molecule has 16 heavy (non-hydrogen) atoms. The minimum absolute atomic E-state index is 0.725. The van der Waals surface area contributed by atoms with Crippen molar-refractivity contribution in [2.24, 2.45) is 0 Å². The average Bonchev–Trinajstić information content (AvgIpc) is 2.37. The monoisotopic (exact) mass is 200 g/mol. The maximum Gasteiger partial charge on any atom is 0.0413 e. The van der Waals surface area contributed by atoms with E-state index in [1.807, 2.05) is 30.3 Å². The summed E-state index contributed by atoms with van der Waals surface area (Å²) in [5, 5.41) is 4.63. The van der Waals surface area contributed by atoms with E-state index in [-0.39, 0.29) is 0 Å². The molecule has 0 N–H and O–H groups in total. The van der Waals surface area contributed by atoms with Gasteiger partial charge in [0.2, 0.25) is 0 Å². The van der Waals surface area contributed by atoms with Crippen LogP contribution in [0, 0.1) is 18.4 Å². The Balaban J connectivity index is 2.58. The Morgan fingerprint density at radius 2 is 1.75 bits per heavy atom. The van der Waals surface area contributed by atoms with Gasteiger partial charge in [0.25, 0.3) is 0 Å². The SMILES string of the molecule is [C]#Cc1[c]ccc2c1ccc1ccccc12. The second-order valence-corrected chi connectivity index (χ2v) is 3.73. The highest BCUT2D eigenvalue weighted by atomic mass is 14.0. The highest BCUT2D eigenvalue weighted by molar-refractivity contribution is 6.08. The van der Waals surface area contributed by atoms with E-state index in [0.717, 1.165) is 16.3 Å². The van der Waals surface area contributed by atoms with Crippen LogP contribution in [0.15, 0.2) is 48.5 Å². The van der Waals surface area contributed by atoms with E-state index in [2.05, 4.69) is 30.2 Å². The second kappa shape index (κ2) is 3.40. The Labute approximate surface area is 94.5 Å². The van der Waals surface area contributed by atoms with Crippen LogP contribution in [-0.2, 0) is 0 Å². The molecule has 0 amide bonds. The molecule has 0 heterocycles. The first-order valence-electron chi connectivity index (χ1n) is 5.15. The standard InChI is InChI=1S/C16H8/c1-2-12-7-5-9-16-14-8-4-3-6-13(14)10-11-15(12)16/h3-6,8-11H. The molecular weight excluding hydrogens is 192 g/mol. The van der Waals surface area contributed by atoms with Crippen molar-refractivity contribution in [1.29, 1.82) is 0 Å². The number of rotatable bonds is 0. The number of hydrogen-bond donors (Lipinski definition) is 0. The molecule has 3 aromatic rings. The third-order valence-electron chi connectivity index (χ3n) is 2.84. The molecule has 0 aliphatic carbocycles. The molecule has 0 aromatic heterocycles. The number of hydrogen-bond acceptors (Lipinski definition) is 0. The molecule has 0 fully saturated rings. The lowest BCUT2D eigenvalue weighted by Crippen LogP contribution is -1.81. The predicted molar refractivity (Wildman–Crippen MR) is 66.5 cm³/mol. The summed E-state index contributed by atoms with van der Waals surface area (Å²) in [4.78, 5) is 0. The van der Waals surface area contributed by atoms with E-state index in [9.17, 15) is 0 Å². The highest BCUT2D eigenvalue weighted by Crippen LogP contribution is 2.26. The Kier molecular flexibility index (Phi) is 1.91. The first kappa shape index (κ1) is 9.00. The van der Waals surface area contributed by atoms with Crippen molar-refractivity contribution in [3.63, 3.8) is 0 Å². The maximum absolute atomic E-state index is 7.25. The van der Waals surface area contributed by atoms with Crippen molar-refractivity contribution in [1.82, 2.24) is 0 Å². The van der Waals surface area contributed by atoms with Crippen LogP contribution in [0.25, 0.3) is 21.5 Å². The minimum Gasteiger partial charge on any atom is -0.0616 e. The molecule has 0 heteroatoms. The van der Waals surface area contributed by atoms with Crippen LogP contribution in [0.2, 0.25) is 0 Å². The summed E-state index contributed by atoms with van der Waals surface area (Å²) in [6.07, 6.45) is 7.25. The fourth-order valence-electron chi connectivity index (χ4n) is 2.08. The van der Waals surface area contributed by atoms with Crippen LogP contribution in [0.4, 0.5) is 0 Å². The van der Waals surface area contributed by atoms with Crippen molar-refractivity contribution in [3.8, 4) is 5.92 Å². The lowest BCUT2D eigenvalue weighted by molar-refractivity contribution is 1.70. The Hall–Kier alpha value is -2.26. The van der Waals surface area contributed by atoms with Crippen LogP contribution in [0.1, 0.15) is 5.56 Å². The fourth-order valence-corrected chi connectivity index (χ4v) is 2.08. The molecule has 72 valence electrons. The molecule has 3 aromatic carbocycles. The van der Waals surface area contributed by atoms with Gasteiger partial charge in [-0.05, 0) is 34.0 Å². The topological polar surface area (TPSA) is 0 Å². The summed E-state index contributed by atoms with van der Waals surface area (Å²) in [7, 11) is 0. The van der Waals surface area contributed by atoms with E-state index >= 15 is 0 Å². The first-order chi connectivity index (χ1) is 7.90. The van der Waals surface area contributed by atoms with Gasteiger partial charge in [0.05, 0.1) is 0 Å². The Morgan fingerprint density at radius 1 is 0.875 bits per heavy atom. The third kappa shape index (κ3) is 1.19. The smallest absolute Gasteiger partial charge is 0.0413 e. The van der Waals surface area contributed by atoms with Gasteiger partial charge in [-0.15, -0.1) is 0 Å². The van der Waals surface area contributed by atoms with Crippen LogP contribution < -0.4 is 0 Å². The lowest BCUT2D eigenvalue weighted by atomic mass is 9.99. The van der Waals surface area contributed by atoms with Crippen LogP contribution >= 0.6 is 0 Å². The molecule has 0 bridgehead atoms. The summed E-state index contributed by atoms with van der Waals surface area (Å²) in [5.41, 5.74) is 0.725. The van der Waals surface area contributed by atoms with E-state index in [1.54, 1.807) is 0 Å². The summed E-state index contributed by atoms with van der Waals surface area (Å²) in [6, 6.07) is 19.3. The molecule has 0 spiro atoms. The van der Waals surface area contributed by atoms with Gasteiger partial charge in [-0.3, -0.25) is 0 Å². The van der Waals surface area contributed by atoms with E-state index in [4.69, 9.17) is 6.42 Å². The first-order valence-corrected chi connectivity index (χ1v) is 5.15. The van der Waals surface area contributed by atoms with E-state index in [0.29, 0.717) is 0 Å². The normalized spacial score (nSPS) is 10.4. The zero-order valence-corrected chi connectivity index (χ0v) is 8.62. The summed E-state index contributed by atoms with van der Waals surface area (Å²) in [6.45, 7) is 0. The van der Waals surface area contributed by atoms with Crippen LogP contribution in [0.5, 0.6) is 0 Å². The molecule has 3 rings (SSSR count). The van der Waals surface area contributed by atoms with E-state index < -0.39 is 0 Å². The van der Waals surface area contributed by atoms with Crippen molar-refractivity contribution in [2.75, 3.05) is 0 Å². The molecule has 0 aliphatic rings. The van der Waals surface area contributed by atoms with Gasteiger partial charge >= 0.3 is 0 Å². The average molecular weight is 200 g/mol. The Morgan fingerprint density at radius 3 is 2.62 bits per heavy atom. The molecule has 0 saturated carbocycles. The lowest BCUT2D eigenvalue weighted by Gasteiger charge is -2.04. The predicted octanol–water partition coefficient (Wildman–Crippen LogP) is 3.73. The van der Waals surface area contributed by atoms with Gasteiger partial charge in [-0.1, -0.05) is 54.5 Å². The largest absolute Gasteiger partial charge is 0.0616 e. The summed E-state index contributed by atoms with van der Waals surface area (Å²) >= 11 is 0. The van der Waals surface area contributed by atoms with Gasteiger partial charge in [-0.25, -0.2) is 0 Å². The third-order valence-corrected chi connectivity index (χ3v) is 2.84. The van der Waals surface area contributed by atoms with Gasteiger partial charge in [0.15, 0.2) is 0 Å². The molecule has 0 atom stereocenters. The van der Waals surface area contributed by atoms with Gasteiger partial charge in [0.1, 0.15) is 0 Å². The number of fused-ring (bicyclic) bond motifs is 3. The second-order valence-electron chi connectivity index (χ2n) is 3.73. The molecular formula is C16H8. The van der Waals surface area contributed by atoms with Crippen molar-refractivity contribution < 1.29 is 0 Å².